The van der Waals surface area contributed by atoms with Crippen molar-refractivity contribution in [1.29, 1.82) is 0 Å². The van der Waals surface area contributed by atoms with Crippen LogP contribution in [0.4, 0.5) is 0 Å². The third kappa shape index (κ3) is 2.75. The molecule has 1 amide bonds. The molecule has 0 aliphatic carbocycles. The summed E-state index contributed by atoms with van der Waals surface area (Å²) < 4.78 is 0. The Hall–Kier alpha value is -2.04. The van der Waals surface area contributed by atoms with E-state index in [9.17, 15) is 4.79 Å². The fourth-order valence-corrected chi connectivity index (χ4v) is 1.46. The number of hydrogen-bond acceptors (Lipinski definition) is 4. The van der Waals surface area contributed by atoms with Crippen LogP contribution in [0.5, 0.6) is 0 Å². The second kappa shape index (κ2) is 5.34. The van der Waals surface area contributed by atoms with Crippen molar-refractivity contribution in [3.63, 3.8) is 0 Å². The number of rotatable bonds is 4. The van der Waals surface area contributed by atoms with Gasteiger partial charge in [0.2, 0.25) is 0 Å². The zero-order valence-corrected chi connectivity index (χ0v) is 9.68. The summed E-state index contributed by atoms with van der Waals surface area (Å²) in [6.45, 7) is 2.77. The zero-order chi connectivity index (χ0) is 12.1. The quantitative estimate of drug-likeness (QED) is 0.809. The first-order valence-corrected chi connectivity index (χ1v) is 5.66. The Morgan fingerprint density at radius 1 is 1.29 bits per heavy atom. The Morgan fingerprint density at radius 2 is 2.12 bits per heavy atom. The maximum Gasteiger partial charge on any atom is 0.252 e. The van der Waals surface area contributed by atoms with E-state index in [4.69, 9.17) is 0 Å². The van der Waals surface area contributed by atoms with Gasteiger partial charge in [0.1, 0.15) is 5.52 Å². The van der Waals surface area contributed by atoms with Gasteiger partial charge >= 0.3 is 0 Å². The number of carbonyl (C=O) groups is 1. The third-order valence-corrected chi connectivity index (χ3v) is 2.40. The van der Waals surface area contributed by atoms with E-state index in [0.717, 1.165) is 12.8 Å². The number of amides is 1. The molecule has 0 atom stereocenters. The van der Waals surface area contributed by atoms with Gasteiger partial charge in [0, 0.05) is 25.1 Å². The molecule has 2 heterocycles. The van der Waals surface area contributed by atoms with E-state index in [0.29, 0.717) is 23.3 Å². The minimum absolute atomic E-state index is 0.112. The van der Waals surface area contributed by atoms with Gasteiger partial charge in [-0.25, -0.2) is 9.97 Å². The van der Waals surface area contributed by atoms with E-state index >= 15 is 0 Å². The summed E-state index contributed by atoms with van der Waals surface area (Å²) in [6, 6.07) is 1.70. The maximum absolute atomic E-state index is 11.8. The standard InChI is InChI=1S/C12H14N4O/c1-2-3-4-15-12(17)9-7-10-11(16-8-9)14-6-5-13-10/h5-8H,2-4H2,1H3,(H,15,17). The van der Waals surface area contributed by atoms with Crippen LogP contribution < -0.4 is 5.32 Å². The molecular weight excluding hydrogens is 216 g/mol. The molecule has 0 fully saturated rings. The molecule has 0 bridgehead atoms. The summed E-state index contributed by atoms with van der Waals surface area (Å²) >= 11 is 0. The Kier molecular flexibility index (Phi) is 3.59. The number of nitrogens with zero attached hydrogens (tertiary/aromatic N) is 3. The highest BCUT2D eigenvalue weighted by molar-refractivity contribution is 5.96. The molecule has 0 aromatic carbocycles. The number of pyridine rings is 1. The van der Waals surface area contributed by atoms with Gasteiger partial charge < -0.3 is 5.32 Å². The minimum atomic E-state index is -0.112. The molecule has 2 aromatic heterocycles. The molecule has 2 rings (SSSR count). The lowest BCUT2D eigenvalue weighted by Crippen LogP contribution is -2.24. The van der Waals surface area contributed by atoms with Crippen LogP contribution in [-0.2, 0) is 0 Å². The number of unbranched alkanes of at least 4 members (excludes halogenated alkanes) is 1. The lowest BCUT2D eigenvalue weighted by atomic mass is 10.2. The Balaban J connectivity index is 2.15. The molecule has 0 saturated heterocycles. The van der Waals surface area contributed by atoms with Gasteiger partial charge in [0.25, 0.3) is 5.91 Å². The smallest absolute Gasteiger partial charge is 0.252 e. The second-order valence-electron chi connectivity index (χ2n) is 3.73. The van der Waals surface area contributed by atoms with Gasteiger partial charge in [-0.1, -0.05) is 13.3 Å². The van der Waals surface area contributed by atoms with Gasteiger partial charge in [-0.05, 0) is 12.5 Å². The molecule has 5 nitrogen and oxygen atoms in total. The van der Waals surface area contributed by atoms with E-state index < -0.39 is 0 Å². The van der Waals surface area contributed by atoms with E-state index in [2.05, 4.69) is 27.2 Å². The largest absolute Gasteiger partial charge is 0.352 e. The predicted octanol–water partition coefficient (Wildman–Crippen LogP) is 1.55. The summed E-state index contributed by atoms with van der Waals surface area (Å²) in [5.74, 6) is -0.112. The van der Waals surface area contributed by atoms with Crippen LogP contribution in [0.3, 0.4) is 0 Å². The number of carbonyl (C=O) groups excluding carboxylic acids is 1. The molecule has 17 heavy (non-hydrogen) atoms. The molecule has 1 N–H and O–H groups in total. The van der Waals surface area contributed by atoms with Crippen molar-refractivity contribution in [3.8, 4) is 0 Å². The normalized spacial score (nSPS) is 10.4. The number of nitrogens with one attached hydrogen (secondary N) is 1. The van der Waals surface area contributed by atoms with E-state index in [1.165, 1.54) is 6.20 Å². The van der Waals surface area contributed by atoms with Crippen LogP contribution in [-0.4, -0.2) is 27.4 Å². The topological polar surface area (TPSA) is 67.8 Å². The number of aromatic nitrogens is 3. The van der Waals surface area contributed by atoms with Crippen LogP contribution in [0.15, 0.2) is 24.7 Å². The van der Waals surface area contributed by atoms with Crippen LogP contribution in [0.25, 0.3) is 11.2 Å². The molecule has 0 unspecified atom stereocenters. The van der Waals surface area contributed by atoms with Crippen LogP contribution in [0, 0.1) is 0 Å². The third-order valence-electron chi connectivity index (χ3n) is 2.40. The Morgan fingerprint density at radius 3 is 2.94 bits per heavy atom. The van der Waals surface area contributed by atoms with Gasteiger partial charge in [-0.3, -0.25) is 9.78 Å². The summed E-state index contributed by atoms with van der Waals surface area (Å²) in [6.07, 6.45) is 6.73. The van der Waals surface area contributed by atoms with Gasteiger partial charge in [0.15, 0.2) is 5.65 Å². The van der Waals surface area contributed by atoms with E-state index in [1.54, 1.807) is 18.5 Å². The lowest BCUT2D eigenvalue weighted by molar-refractivity contribution is 0.0953. The highest BCUT2D eigenvalue weighted by Gasteiger charge is 2.07. The molecule has 0 aliphatic heterocycles. The fraction of sp³-hybridized carbons (Fsp3) is 0.333. The van der Waals surface area contributed by atoms with Gasteiger partial charge in [-0.2, -0.15) is 0 Å². The van der Waals surface area contributed by atoms with Crippen molar-refractivity contribution in [2.75, 3.05) is 6.54 Å². The molecule has 2 aromatic rings. The second-order valence-corrected chi connectivity index (χ2v) is 3.73. The maximum atomic E-state index is 11.8. The number of hydrogen-bond donors (Lipinski definition) is 1. The first-order chi connectivity index (χ1) is 8.31. The summed E-state index contributed by atoms with van der Waals surface area (Å²) in [4.78, 5) is 24.0. The van der Waals surface area contributed by atoms with Gasteiger partial charge in [0.05, 0.1) is 5.56 Å². The summed E-state index contributed by atoms with van der Waals surface area (Å²) in [7, 11) is 0. The average molecular weight is 230 g/mol. The average Bonchev–Trinajstić information content (AvgIpc) is 2.38. The summed E-state index contributed by atoms with van der Waals surface area (Å²) in [5, 5.41) is 2.84. The highest BCUT2D eigenvalue weighted by atomic mass is 16.1. The first-order valence-electron chi connectivity index (χ1n) is 5.66. The monoisotopic (exact) mass is 230 g/mol. The van der Waals surface area contributed by atoms with Crippen molar-refractivity contribution in [2.45, 2.75) is 19.8 Å². The minimum Gasteiger partial charge on any atom is -0.352 e. The Labute approximate surface area is 99.3 Å². The molecular formula is C12H14N4O. The predicted molar refractivity (Wildman–Crippen MR) is 64.6 cm³/mol. The zero-order valence-electron chi connectivity index (χ0n) is 9.68. The van der Waals surface area contributed by atoms with Gasteiger partial charge in [-0.15, -0.1) is 0 Å². The molecule has 0 radical (unpaired) electrons. The number of fused-ring (bicyclic) bond motifs is 1. The van der Waals surface area contributed by atoms with E-state index in [1.807, 2.05) is 0 Å². The molecule has 0 saturated carbocycles. The van der Waals surface area contributed by atoms with Crippen LogP contribution in [0.1, 0.15) is 30.1 Å². The van der Waals surface area contributed by atoms with Crippen molar-refractivity contribution in [1.82, 2.24) is 20.3 Å². The molecule has 0 spiro atoms. The lowest BCUT2D eigenvalue weighted by Gasteiger charge is -2.04. The summed E-state index contributed by atoms with van der Waals surface area (Å²) in [5.41, 5.74) is 1.71. The van der Waals surface area contributed by atoms with Crippen LogP contribution >= 0.6 is 0 Å². The molecule has 0 aliphatic rings. The Bertz CT molecular complexity index is 527. The van der Waals surface area contributed by atoms with Crippen molar-refractivity contribution in [2.24, 2.45) is 0 Å². The fourth-order valence-electron chi connectivity index (χ4n) is 1.46. The first kappa shape index (κ1) is 11.4. The van der Waals surface area contributed by atoms with Crippen molar-refractivity contribution in [3.05, 3.63) is 30.2 Å². The van der Waals surface area contributed by atoms with Crippen molar-refractivity contribution >= 4 is 17.1 Å². The molecule has 88 valence electrons. The molecule has 5 heteroatoms. The SMILES string of the molecule is CCCCNC(=O)c1cnc2nccnc2c1. The van der Waals surface area contributed by atoms with Crippen molar-refractivity contribution < 1.29 is 4.79 Å². The van der Waals surface area contributed by atoms with Crippen LogP contribution in [0.2, 0.25) is 0 Å². The highest BCUT2D eigenvalue weighted by Crippen LogP contribution is 2.07. The van der Waals surface area contributed by atoms with E-state index in [-0.39, 0.29) is 5.91 Å².